The van der Waals surface area contributed by atoms with Gasteiger partial charge in [0.2, 0.25) is 6.79 Å². The lowest BCUT2D eigenvalue weighted by molar-refractivity contribution is -0.0606. The molecule has 0 saturated carbocycles. The molecular weight excluding hydrogens is 428 g/mol. The summed E-state index contributed by atoms with van der Waals surface area (Å²) < 4.78 is 10.9. The number of unbranched alkanes of at least 4 members (excludes halogenated alkanes) is 1. The number of aliphatic hydroxyl groups excluding tert-OH is 1. The molecule has 2 aromatic carbocycles. The molecule has 1 amide bonds. The maximum Gasteiger partial charge on any atom is 0.254 e. The first-order valence-electron chi connectivity index (χ1n) is 12.3. The van der Waals surface area contributed by atoms with E-state index in [0.29, 0.717) is 23.6 Å². The molecule has 3 aliphatic heterocycles. The van der Waals surface area contributed by atoms with Gasteiger partial charge >= 0.3 is 0 Å². The maximum absolute atomic E-state index is 13.5. The highest BCUT2D eigenvalue weighted by molar-refractivity contribution is 5.95. The highest BCUT2D eigenvalue weighted by Gasteiger charge is 2.49. The minimum atomic E-state index is 0.0212. The Hall–Kier alpha value is -3.01. The number of rotatable bonds is 4. The second-order valence-electron chi connectivity index (χ2n) is 9.28. The summed E-state index contributed by atoms with van der Waals surface area (Å²) in [7, 11) is 0. The Morgan fingerprint density at radius 3 is 2.68 bits per heavy atom. The number of ether oxygens (including phenoxy) is 2. The van der Waals surface area contributed by atoms with Crippen molar-refractivity contribution in [3.05, 3.63) is 59.2 Å². The van der Waals surface area contributed by atoms with Crippen molar-refractivity contribution in [3.63, 3.8) is 0 Å². The molecule has 3 atom stereocenters. The summed E-state index contributed by atoms with van der Waals surface area (Å²) in [6.45, 7) is 4.78. The SMILES string of the molecule is CCCC#Cc1ccc([C@H]2[C@@H](CO)N3CCCCN(C(=O)c4ccc5c(c4)OCO5)C[C@@H]23)cc1. The molecule has 2 fully saturated rings. The average Bonchev–Trinajstić information content (AvgIpc) is 3.32. The molecule has 3 aliphatic rings. The summed E-state index contributed by atoms with van der Waals surface area (Å²) in [5.74, 6) is 7.94. The van der Waals surface area contributed by atoms with Crippen LogP contribution in [0.3, 0.4) is 0 Å². The van der Waals surface area contributed by atoms with Crippen molar-refractivity contribution in [2.24, 2.45) is 0 Å². The number of benzene rings is 2. The molecule has 5 rings (SSSR count). The van der Waals surface area contributed by atoms with Gasteiger partial charge in [-0.3, -0.25) is 9.69 Å². The smallest absolute Gasteiger partial charge is 0.254 e. The lowest BCUT2D eigenvalue weighted by Gasteiger charge is -2.57. The van der Waals surface area contributed by atoms with Crippen LogP contribution in [-0.4, -0.2) is 65.9 Å². The number of fused-ring (bicyclic) bond motifs is 2. The molecule has 1 N–H and O–H groups in total. The predicted molar refractivity (Wildman–Crippen MR) is 130 cm³/mol. The lowest BCUT2D eigenvalue weighted by Crippen LogP contribution is -2.67. The first-order valence-corrected chi connectivity index (χ1v) is 12.3. The Labute approximate surface area is 201 Å². The lowest BCUT2D eigenvalue weighted by atomic mass is 9.74. The van der Waals surface area contributed by atoms with Crippen LogP contribution in [0.25, 0.3) is 0 Å². The van der Waals surface area contributed by atoms with E-state index in [1.807, 2.05) is 17.0 Å². The fourth-order valence-corrected chi connectivity index (χ4v) is 5.42. The molecule has 0 unspecified atom stereocenters. The van der Waals surface area contributed by atoms with Crippen molar-refractivity contribution in [1.82, 2.24) is 9.80 Å². The molecule has 3 heterocycles. The van der Waals surface area contributed by atoms with Crippen molar-refractivity contribution in [3.8, 4) is 23.3 Å². The number of carbonyl (C=O) groups is 1. The molecule has 178 valence electrons. The Morgan fingerprint density at radius 2 is 1.88 bits per heavy atom. The molecule has 6 heteroatoms. The highest BCUT2D eigenvalue weighted by Crippen LogP contribution is 2.42. The molecule has 0 aromatic heterocycles. The molecular formula is C28H32N2O4. The van der Waals surface area contributed by atoms with Crippen LogP contribution in [0.1, 0.15) is 60.0 Å². The van der Waals surface area contributed by atoms with E-state index in [4.69, 9.17) is 9.47 Å². The minimum absolute atomic E-state index is 0.0212. The Morgan fingerprint density at radius 1 is 1.09 bits per heavy atom. The quantitative estimate of drug-likeness (QED) is 0.706. The number of hydrogen-bond donors (Lipinski definition) is 1. The molecule has 34 heavy (non-hydrogen) atoms. The first kappa shape index (κ1) is 22.8. The number of hydrogen-bond acceptors (Lipinski definition) is 5. The second-order valence-corrected chi connectivity index (χ2v) is 9.28. The summed E-state index contributed by atoms with van der Waals surface area (Å²) in [5.41, 5.74) is 2.85. The normalized spacial score (nSPS) is 23.7. The Bertz CT molecular complexity index is 1090. The van der Waals surface area contributed by atoms with E-state index in [2.05, 4.69) is 47.9 Å². The van der Waals surface area contributed by atoms with Gasteiger partial charge in [-0.2, -0.15) is 0 Å². The van der Waals surface area contributed by atoms with E-state index in [-0.39, 0.29) is 37.3 Å². The third-order valence-corrected chi connectivity index (χ3v) is 7.18. The van der Waals surface area contributed by atoms with Gasteiger partial charge in [0.15, 0.2) is 11.5 Å². The van der Waals surface area contributed by atoms with Gasteiger partial charge in [0, 0.05) is 48.6 Å². The minimum Gasteiger partial charge on any atom is -0.454 e. The van der Waals surface area contributed by atoms with Crippen molar-refractivity contribution < 1.29 is 19.4 Å². The van der Waals surface area contributed by atoms with Crippen molar-refractivity contribution >= 4 is 5.91 Å². The fourth-order valence-electron chi connectivity index (χ4n) is 5.42. The van der Waals surface area contributed by atoms with Gasteiger partial charge in [0.05, 0.1) is 6.61 Å². The van der Waals surface area contributed by atoms with Crippen LogP contribution < -0.4 is 9.47 Å². The van der Waals surface area contributed by atoms with Crippen LogP contribution in [-0.2, 0) is 0 Å². The zero-order chi connectivity index (χ0) is 23.5. The Balaban J connectivity index is 1.35. The number of amides is 1. The van der Waals surface area contributed by atoms with Gasteiger partial charge in [-0.25, -0.2) is 0 Å². The van der Waals surface area contributed by atoms with Gasteiger partial charge in [0.25, 0.3) is 5.91 Å². The monoisotopic (exact) mass is 460 g/mol. The number of nitrogens with zero attached hydrogens (tertiary/aromatic N) is 2. The van der Waals surface area contributed by atoms with Gasteiger partial charge in [-0.15, -0.1) is 0 Å². The van der Waals surface area contributed by atoms with Crippen LogP contribution in [0.5, 0.6) is 11.5 Å². The van der Waals surface area contributed by atoms with Crippen molar-refractivity contribution in [1.29, 1.82) is 0 Å². The molecule has 0 bridgehead atoms. The van der Waals surface area contributed by atoms with Gasteiger partial charge in [-0.05, 0) is 61.7 Å². The van der Waals surface area contributed by atoms with E-state index in [1.165, 1.54) is 5.56 Å². The van der Waals surface area contributed by atoms with Gasteiger partial charge < -0.3 is 19.5 Å². The van der Waals surface area contributed by atoms with E-state index >= 15 is 0 Å². The van der Waals surface area contributed by atoms with Crippen LogP contribution in [0.4, 0.5) is 0 Å². The maximum atomic E-state index is 13.5. The van der Waals surface area contributed by atoms with Crippen LogP contribution in [0.2, 0.25) is 0 Å². The van der Waals surface area contributed by atoms with E-state index < -0.39 is 0 Å². The second kappa shape index (κ2) is 10.1. The van der Waals surface area contributed by atoms with E-state index in [0.717, 1.165) is 44.3 Å². The molecule has 6 nitrogen and oxygen atoms in total. The van der Waals surface area contributed by atoms with E-state index in [1.54, 1.807) is 6.07 Å². The number of aliphatic hydroxyl groups is 1. The molecule has 0 radical (unpaired) electrons. The van der Waals surface area contributed by atoms with Crippen LogP contribution in [0, 0.1) is 11.8 Å². The predicted octanol–water partition coefficient (Wildman–Crippen LogP) is 3.63. The third-order valence-electron chi connectivity index (χ3n) is 7.18. The zero-order valence-electron chi connectivity index (χ0n) is 19.7. The van der Waals surface area contributed by atoms with Gasteiger partial charge in [-0.1, -0.05) is 30.9 Å². The topological polar surface area (TPSA) is 62.2 Å². The standard InChI is InChI=1S/C28H32N2O4/c1-2-3-4-7-20-8-10-21(11-9-20)27-23-17-29(14-5-6-15-30(23)24(27)18-31)28(32)22-12-13-25-26(16-22)34-19-33-25/h8-13,16,23-24,27,31H,2-3,5-6,14-15,17-19H2,1H3/t23-,24+,27+/m0/s1. The summed E-state index contributed by atoms with van der Waals surface area (Å²) in [5, 5.41) is 10.2. The zero-order valence-corrected chi connectivity index (χ0v) is 19.7. The molecule has 0 aliphatic carbocycles. The first-order chi connectivity index (χ1) is 16.7. The summed E-state index contributed by atoms with van der Waals surface area (Å²) in [6.07, 6.45) is 3.93. The van der Waals surface area contributed by atoms with Crippen LogP contribution in [0.15, 0.2) is 42.5 Å². The molecule has 0 spiro atoms. The summed E-state index contributed by atoms with van der Waals surface area (Å²) in [6, 6.07) is 14.1. The molecule has 2 aromatic rings. The summed E-state index contributed by atoms with van der Waals surface area (Å²) in [4.78, 5) is 17.8. The van der Waals surface area contributed by atoms with Crippen molar-refractivity contribution in [2.45, 2.75) is 50.6 Å². The molecule has 2 saturated heterocycles. The largest absolute Gasteiger partial charge is 0.454 e. The fraction of sp³-hybridized carbons (Fsp3) is 0.464. The third kappa shape index (κ3) is 4.38. The van der Waals surface area contributed by atoms with E-state index in [9.17, 15) is 9.90 Å². The Kier molecular flexibility index (Phi) is 6.75. The average molecular weight is 461 g/mol. The van der Waals surface area contributed by atoms with Crippen LogP contribution >= 0.6 is 0 Å². The summed E-state index contributed by atoms with van der Waals surface area (Å²) >= 11 is 0. The number of carbonyl (C=O) groups excluding carboxylic acids is 1. The highest BCUT2D eigenvalue weighted by atomic mass is 16.7. The van der Waals surface area contributed by atoms with Crippen molar-refractivity contribution in [2.75, 3.05) is 33.0 Å². The van der Waals surface area contributed by atoms with Gasteiger partial charge in [0.1, 0.15) is 0 Å².